The number of carbonyl (C=O) groups is 2. The minimum absolute atomic E-state index is 0.0558. The molecule has 18 heteroatoms. The Bertz CT molecular complexity index is 1300. The monoisotopic (exact) mass is 629 g/mol. The highest BCUT2D eigenvalue weighted by Crippen LogP contribution is 2.60. The molecule has 6 atom stereocenters. The summed E-state index contributed by atoms with van der Waals surface area (Å²) in [6.07, 6.45) is -1.56. The average Bonchev–Trinajstić information content (AvgIpc) is 3.77. The van der Waals surface area contributed by atoms with Gasteiger partial charge >= 0.3 is 19.6 Å². The molecular formula is C25H40N7O10P. The largest absolute Gasteiger partial charge is 0.479 e. The van der Waals surface area contributed by atoms with Crippen molar-refractivity contribution in [2.24, 2.45) is 0 Å². The summed E-state index contributed by atoms with van der Waals surface area (Å²) in [5.41, 5.74) is 6.46. The maximum absolute atomic E-state index is 14.9. The normalized spacial score (nSPS) is 23.9. The molecule has 0 spiro atoms. The molecule has 2 fully saturated rings. The molecule has 2 aliphatic rings. The van der Waals surface area contributed by atoms with E-state index in [9.17, 15) is 24.4 Å². The summed E-state index contributed by atoms with van der Waals surface area (Å²) in [5.74, 6) is -1.05. The molecule has 43 heavy (non-hydrogen) atoms. The van der Waals surface area contributed by atoms with Crippen molar-refractivity contribution in [3.05, 3.63) is 6.33 Å². The van der Waals surface area contributed by atoms with Crippen molar-refractivity contribution in [1.82, 2.24) is 28.9 Å². The number of rotatable bonds is 13. The Morgan fingerprint density at radius 2 is 1.63 bits per heavy atom. The Balaban J connectivity index is 1.65. The van der Waals surface area contributed by atoms with Crippen LogP contribution in [-0.2, 0) is 32.9 Å². The molecule has 4 heterocycles. The van der Waals surface area contributed by atoms with Gasteiger partial charge in [-0.05, 0) is 39.5 Å². The van der Waals surface area contributed by atoms with Crippen molar-refractivity contribution < 1.29 is 47.8 Å². The number of aliphatic hydroxyl groups excluding tert-OH is 2. The standard InChI is InChI=1S/C25H40N7O10P/c1-14(33)20(34)18(42-15(2)30-13-27-19-21(30)28-25(26)29-22(19)38-3)12-41-43(37,31-10-6-8-16(31)23(35)39-4)32-11-7-9-17(32)24(36)40-5/h13-18,20,33-34H,6-12H2,1-5H3,(H2,26,28,29)/t14?,15?,16?,17?,18-,20?,43?/m1/s1. The van der Waals surface area contributed by atoms with Crippen LogP contribution < -0.4 is 10.5 Å². The van der Waals surface area contributed by atoms with E-state index >= 15 is 0 Å². The first-order valence-corrected chi connectivity index (χ1v) is 15.5. The first kappa shape index (κ1) is 33.0. The first-order chi connectivity index (χ1) is 20.5. The van der Waals surface area contributed by atoms with Gasteiger partial charge in [0.05, 0.1) is 40.4 Å². The number of anilines is 1. The van der Waals surface area contributed by atoms with Crippen LogP contribution in [0.5, 0.6) is 5.88 Å². The zero-order valence-electron chi connectivity index (χ0n) is 24.9. The van der Waals surface area contributed by atoms with Crippen LogP contribution in [0.3, 0.4) is 0 Å². The molecular weight excluding hydrogens is 589 g/mol. The lowest BCUT2D eigenvalue weighted by Crippen LogP contribution is -2.46. The topological polar surface area (TPSA) is 214 Å². The highest BCUT2D eigenvalue weighted by molar-refractivity contribution is 7.54. The SMILES string of the molecule is COC(=O)C1CCCN1P(=O)(OC[C@@H](OC(C)n1cnc2c(OC)nc(N)nc21)C(O)C(C)O)N1CCCC1C(=O)OC. The van der Waals surface area contributed by atoms with Crippen LogP contribution in [0, 0.1) is 0 Å². The van der Waals surface area contributed by atoms with E-state index in [1.165, 1.54) is 48.5 Å². The lowest BCUT2D eigenvalue weighted by atomic mass is 10.1. The maximum Gasteiger partial charge on any atom is 0.347 e. The number of imidazole rings is 1. The van der Waals surface area contributed by atoms with Crippen molar-refractivity contribution in [2.45, 2.75) is 76.2 Å². The van der Waals surface area contributed by atoms with Gasteiger partial charge in [0.1, 0.15) is 30.5 Å². The summed E-state index contributed by atoms with van der Waals surface area (Å²) in [6.45, 7) is 3.03. The van der Waals surface area contributed by atoms with Gasteiger partial charge in [-0.1, -0.05) is 0 Å². The number of aliphatic hydroxyl groups is 2. The Hall–Kier alpha value is -2.92. The molecule has 0 saturated carbocycles. The highest BCUT2D eigenvalue weighted by atomic mass is 31.2. The number of methoxy groups -OCH3 is 3. The van der Waals surface area contributed by atoms with E-state index in [-0.39, 0.29) is 24.9 Å². The molecule has 2 aromatic heterocycles. The van der Waals surface area contributed by atoms with Gasteiger partial charge in [-0.25, -0.2) is 14.3 Å². The molecule has 2 saturated heterocycles. The molecule has 4 rings (SSSR count). The molecule has 17 nitrogen and oxygen atoms in total. The maximum atomic E-state index is 14.9. The van der Waals surface area contributed by atoms with Crippen LogP contribution in [-0.4, -0.2) is 122 Å². The van der Waals surface area contributed by atoms with E-state index in [0.717, 1.165) is 0 Å². The van der Waals surface area contributed by atoms with Gasteiger partial charge in [-0.15, -0.1) is 0 Å². The number of aromatic nitrogens is 4. The van der Waals surface area contributed by atoms with Crippen LogP contribution in [0.2, 0.25) is 0 Å². The molecule has 5 unspecified atom stereocenters. The van der Waals surface area contributed by atoms with E-state index in [4.69, 9.17) is 29.2 Å². The highest BCUT2D eigenvalue weighted by Gasteiger charge is 2.53. The average molecular weight is 630 g/mol. The fraction of sp³-hybridized carbons (Fsp3) is 0.720. The number of nitrogen functional groups attached to an aromatic ring is 1. The second-order valence-corrected chi connectivity index (χ2v) is 12.7. The quantitative estimate of drug-likeness (QED) is 0.203. The second kappa shape index (κ2) is 13.8. The summed E-state index contributed by atoms with van der Waals surface area (Å²) in [7, 11) is -0.216. The van der Waals surface area contributed by atoms with Crippen LogP contribution in [0.25, 0.3) is 11.2 Å². The van der Waals surface area contributed by atoms with E-state index in [2.05, 4.69) is 15.0 Å². The number of esters is 2. The molecule has 0 radical (unpaired) electrons. The zero-order chi connectivity index (χ0) is 31.5. The number of nitrogens with two attached hydrogens (primary N) is 1. The summed E-state index contributed by atoms with van der Waals surface area (Å²) >= 11 is 0. The van der Waals surface area contributed by atoms with Gasteiger partial charge in [0.2, 0.25) is 11.8 Å². The van der Waals surface area contributed by atoms with Crippen LogP contribution >= 0.6 is 7.67 Å². The van der Waals surface area contributed by atoms with Gasteiger partial charge < -0.3 is 39.4 Å². The third kappa shape index (κ3) is 6.62. The van der Waals surface area contributed by atoms with Crippen molar-refractivity contribution >= 4 is 36.7 Å². The predicted molar refractivity (Wildman–Crippen MR) is 151 cm³/mol. The van der Waals surface area contributed by atoms with Crippen LogP contribution in [0.4, 0.5) is 5.95 Å². The second-order valence-electron chi connectivity index (χ2n) is 10.4. The fourth-order valence-corrected chi connectivity index (χ4v) is 8.33. The van der Waals surface area contributed by atoms with E-state index in [1.807, 2.05) is 0 Å². The number of ether oxygens (including phenoxy) is 4. The molecule has 0 bridgehead atoms. The molecule has 0 aromatic carbocycles. The summed E-state index contributed by atoms with van der Waals surface area (Å²) in [5, 5.41) is 21.2. The fourth-order valence-electron chi connectivity index (χ4n) is 5.49. The molecule has 240 valence electrons. The van der Waals surface area contributed by atoms with E-state index < -0.39 is 62.8 Å². The van der Waals surface area contributed by atoms with Crippen molar-refractivity contribution in [3.8, 4) is 5.88 Å². The molecule has 2 aromatic rings. The molecule has 4 N–H and O–H groups in total. The lowest BCUT2D eigenvalue weighted by molar-refractivity contribution is -0.146. The Morgan fingerprint density at radius 3 is 2.14 bits per heavy atom. The first-order valence-electron chi connectivity index (χ1n) is 14.0. The smallest absolute Gasteiger partial charge is 0.347 e. The van der Waals surface area contributed by atoms with Gasteiger partial charge in [-0.3, -0.25) is 18.7 Å². The Labute approximate surface area is 248 Å². The van der Waals surface area contributed by atoms with E-state index in [0.29, 0.717) is 36.8 Å². The van der Waals surface area contributed by atoms with Crippen molar-refractivity contribution in [1.29, 1.82) is 0 Å². The number of carbonyl (C=O) groups excluding carboxylic acids is 2. The van der Waals surface area contributed by atoms with Gasteiger partial charge in [0.25, 0.3) is 0 Å². The third-order valence-corrected chi connectivity index (χ3v) is 10.4. The van der Waals surface area contributed by atoms with Crippen LogP contribution in [0.15, 0.2) is 6.33 Å². The summed E-state index contributed by atoms with van der Waals surface area (Å²) in [4.78, 5) is 37.8. The van der Waals surface area contributed by atoms with Gasteiger partial charge in [-0.2, -0.15) is 9.97 Å². The molecule has 0 aliphatic carbocycles. The number of nitrogens with zero attached hydrogens (tertiary/aromatic N) is 6. The summed E-state index contributed by atoms with van der Waals surface area (Å²) in [6, 6.07) is -1.74. The van der Waals surface area contributed by atoms with Gasteiger partial charge in [0.15, 0.2) is 11.2 Å². The van der Waals surface area contributed by atoms with Crippen molar-refractivity contribution in [3.63, 3.8) is 0 Å². The minimum Gasteiger partial charge on any atom is -0.479 e. The zero-order valence-corrected chi connectivity index (χ0v) is 25.8. The summed E-state index contributed by atoms with van der Waals surface area (Å²) < 4.78 is 46.8. The third-order valence-electron chi connectivity index (χ3n) is 7.69. The Morgan fingerprint density at radius 1 is 1.05 bits per heavy atom. The molecule has 2 aliphatic heterocycles. The predicted octanol–water partition coefficient (Wildman–Crippen LogP) is 0.462. The molecule has 0 amide bonds. The van der Waals surface area contributed by atoms with Crippen molar-refractivity contribution in [2.75, 3.05) is 46.8 Å². The van der Waals surface area contributed by atoms with E-state index in [1.54, 1.807) is 6.92 Å². The minimum atomic E-state index is -4.13. The Kier molecular flexibility index (Phi) is 10.6. The number of hydrogen-bond acceptors (Lipinski definition) is 14. The number of hydrogen-bond donors (Lipinski definition) is 3. The number of fused-ring (bicyclic) bond motifs is 1. The van der Waals surface area contributed by atoms with Crippen LogP contribution in [0.1, 0.15) is 45.8 Å². The van der Waals surface area contributed by atoms with Gasteiger partial charge in [0, 0.05) is 13.1 Å². The lowest BCUT2D eigenvalue weighted by Gasteiger charge is -2.39.